The molecule has 1 fully saturated rings. The molecule has 0 saturated carbocycles. The highest BCUT2D eigenvalue weighted by molar-refractivity contribution is 6.00. The Morgan fingerprint density at radius 3 is 2.23 bits per heavy atom. The molecule has 3 atom stereocenters. The van der Waals surface area contributed by atoms with Crippen molar-refractivity contribution < 1.29 is 37.3 Å². The highest BCUT2D eigenvalue weighted by Crippen LogP contribution is 2.45. The summed E-state index contributed by atoms with van der Waals surface area (Å²) in [6.07, 6.45) is -5.33. The van der Waals surface area contributed by atoms with Crippen LogP contribution in [0.4, 0.5) is 18.0 Å². The summed E-state index contributed by atoms with van der Waals surface area (Å²) >= 11 is 0. The lowest BCUT2D eigenvalue weighted by Crippen LogP contribution is -2.72. The van der Waals surface area contributed by atoms with E-state index in [1.807, 2.05) is 0 Å². The molecule has 3 rings (SSSR count). The van der Waals surface area contributed by atoms with Crippen molar-refractivity contribution in [1.29, 1.82) is 0 Å². The molecule has 7 nitrogen and oxygen atoms in total. The number of nitrogens with one attached hydrogen (secondary N) is 2. The molecule has 2 aromatic rings. The second-order valence-electron chi connectivity index (χ2n) is 7.16. The number of ether oxygens (including phenoxy) is 2. The van der Waals surface area contributed by atoms with E-state index in [1.54, 1.807) is 19.1 Å². The van der Waals surface area contributed by atoms with Crippen LogP contribution in [-0.2, 0) is 0 Å². The summed E-state index contributed by atoms with van der Waals surface area (Å²) in [7, 11) is 2.72. The predicted molar refractivity (Wildman–Crippen MR) is 104 cm³/mol. The minimum absolute atomic E-state index is 0.0401. The van der Waals surface area contributed by atoms with E-state index in [0.29, 0.717) is 5.75 Å². The molecule has 0 aromatic heterocycles. The molecule has 0 radical (unpaired) electrons. The van der Waals surface area contributed by atoms with Crippen LogP contribution in [0, 0.1) is 12.8 Å². The molecule has 1 heterocycles. The van der Waals surface area contributed by atoms with Crippen molar-refractivity contribution in [2.75, 3.05) is 14.2 Å². The summed E-state index contributed by atoms with van der Waals surface area (Å²) in [6, 6.07) is 7.28. The zero-order chi connectivity index (χ0) is 23.0. The lowest BCUT2D eigenvalue weighted by atomic mass is 9.77. The van der Waals surface area contributed by atoms with E-state index < -0.39 is 35.7 Å². The van der Waals surface area contributed by atoms with Crippen molar-refractivity contribution in [3.63, 3.8) is 0 Å². The van der Waals surface area contributed by atoms with Crippen molar-refractivity contribution >= 4 is 11.8 Å². The SMILES string of the molecule is COc1ccc([C@@H]2NC(=O)N[C@](O)(C(F)(F)F)[C@@H]2C(=O)c2ccc(C)cc2)cc1OC. The Kier molecular flexibility index (Phi) is 5.86. The smallest absolute Gasteiger partial charge is 0.437 e. The monoisotopic (exact) mass is 438 g/mol. The van der Waals surface area contributed by atoms with Gasteiger partial charge in [-0.05, 0) is 24.6 Å². The summed E-state index contributed by atoms with van der Waals surface area (Å²) in [5.74, 6) is -2.62. The number of hydrogen-bond acceptors (Lipinski definition) is 5. The average Bonchev–Trinajstić information content (AvgIpc) is 2.72. The number of ketones is 1. The first-order valence-corrected chi connectivity index (χ1v) is 9.22. The topological polar surface area (TPSA) is 96.9 Å². The summed E-state index contributed by atoms with van der Waals surface area (Å²) in [4.78, 5) is 25.3. The Balaban J connectivity index is 2.18. The van der Waals surface area contributed by atoms with Gasteiger partial charge >= 0.3 is 12.2 Å². The minimum Gasteiger partial charge on any atom is -0.493 e. The highest BCUT2D eigenvalue weighted by atomic mass is 19.4. The minimum atomic E-state index is -5.33. The standard InChI is InChI=1S/C21H21F3N2O5/c1-11-4-6-12(7-5-11)18(27)16-17(13-8-9-14(30-2)15(10-13)31-3)25-19(28)26-20(16,29)21(22,23)24/h4-10,16-17,29H,1-3H3,(H2,25,26,28)/t16-,17-,20+/m0/s1. The number of methoxy groups -OCH3 is 2. The van der Waals surface area contributed by atoms with Gasteiger partial charge in [0.15, 0.2) is 17.3 Å². The van der Waals surface area contributed by atoms with E-state index >= 15 is 0 Å². The molecule has 0 bridgehead atoms. The first kappa shape index (κ1) is 22.4. The normalized spacial score (nSPS) is 23.5. The van der Waals surface area contributed by atoms with Gasteiger partial charge in [-0.25, -0.2) is 4.79 Å². The van der Waals surface area contributed by atoms with Gasteiger partial charge in [-0.3, -0.25) is 4.79 Å². The number of halogens is 3. The van der Waals surface area contributed by atoms with E-state index in [1.165, 1.54) is 49.9 Å². The summed E-state index contributed by atoms with van der Waals surface area (Å²) < 4.78 is 52.2. The van der Waals surface area contributed by atoms with Crippen LogP contribution in [0.3, 0.4) is 0 Å². The van der Waals surface area contributed by atoms with Crippen LogP contribution in [0.25, 0.3) is 0 Å². The average molecular weight is 438 g/mol. The maximum Gasteiger partial charge on any atom is 0.437 e. The molecule has 3 N–H and O–H groups in total. The molecule has 31 heavy (non-hydrogen) atoms. The number of urea groups is 1. The van der Waals surface area contributed by atoms with Crippen molar-refractivity contribution in [3.8, 4) is 11.5 Å². The van der Waals surface area contributed by atoms with Crippen LogP contribution in [0.2, 0.25) is 0 Å². The maximum absolute atomic E-state index is 14.0. The maximum atomic E-state index is 14.0. The third-order valence-corrected chi connectivity index (χ3v) is 5.19. The second-order valence-corrected chi connectivity index (χ2v) is 7.16. The van der Waals surface area contributed by atoms with Crippen molar-refractivity contribution in [2.24, 2.45) is 5.92 Å². The predicted octanol–water partition coefficient (Wildman–Crippen LogP) is 3.12. The molecule has 2 aromatic carbocycles. The second kappa shape index (κ2) is 8.10. The van der Waals surface area contributed by atoms with Crippen molar-refractivity contribution in [1.82, 2.24) is 10.6 Å². The van der Waals surface area contributed by atoms with E-state index in [2.05, 4.69) is 5.32 Å². The lowest BCUT2D eigenvalue weighted by molar-refractivity contribution is -0.287. The first-order valence-electron chi connectivity index (χ1n) is 9.22. The number of aryl methyl sites for hydroxylation is 1. The van der Waals surface area contributed by atoms with E-state index in [-0.39, 0.29) is 16.9 Å². The number of benzene rings is 2. The number of alkyl halides is 3. The molecule has 166 valence electrons. The third kappa shape index (κ3) is 4.02. The zero-order valence-electron chi connectivity index (χ0n) is 16.9. The van der Waals surface area contributed by atoms with Gasteiger partial charge in [0.25, 0.3) is 0 Å². The van der Waals surface area contributed by atoms with Crippen LogP contribution >= 0.6 is 0 Å². The Labute approximate surface area is 176 Å². The van der Waals surface area contributed by atoms with Crippen molar-refractivity contribution in [2.45, 2.75) is 24.9 Å². The van der Waals surface area contributed by atoms with Gasteiger partial charge in [-0.15, -0.1) is 0 Å². The fraction of sp³-hybridized carbons (Fsp3) is 0.333. The van der Waals surface area contributed by atoms with Gasteiger partial charge in [-0.2, -0.15) is 13.2 Å². The number of aliphatic hydroxyl groups is 1. The quantitative estimate of drug-likeness (QED) is 0.624. The summed E-state index contributed by atoms with van der Waals surface area (Å²) in [6.45, 7) is 1.76. The fourth-order valence-corrected chi connectivity index (χ4v) is 3.56. The fourth-order valence-electron chi connectivity index (χ4n) is 3.56. The van der Waals surface area contributed by atoms with Crippen LogP contribution < -0.4 is 20.1 Å². The van der Waals surface area contributed by atoms with Crippen LogP contribution in [0.5, 0.6) is 11.5 Å². The molecular formula is C21H21F3N2O5. The molecule has 1 aliphatic heterocycles. The van der Waals surface area contributed by atoms with Crippen LogP contribution in [0.1, 0.15) is 27.5 Å². The van der Waals surface area contributed by atoms with Crippen LogP contribution in [-0.4, -0.2) is 43.0 Å². The van der Waals surface area contributed by atoms with E-state index in [9.17, 15) is 27.9 Å². The molecule has 1 saturated heterocycles. The number of hydrogen-bond donors (Lipinski definition) is 3. The molecule has 0 aliphatic carbocycles. The van der Waals surface area contributed by atoms with E-state index in [0.717, 1.165) is 5.56 Å². The molecular weight excluding hydrogens is 417 g/mol. The zero-order valence-corrected chi connectivity index (χ0v) is 16.9. The third-order valence-electron chi connectivity index (χ3n) is 5.19. The van der Waals surface area contributed by atoms with Gasteiger partial charge < -0.3 is 25.2 Å². The molecule has 10 heteroatoms. The van der Waals surface area contributed by atoms with Gasteiger partial charge in [-0.1, -0.05) is 35.9 Å². The number of amides is 2. The molecule has 2 amide bonds. The van der Waals surface area contributed by atoms with Gasteiger partial charge in [0.1, 0.15) is 5.92 Å². The Bertz CT molecular complexity index is 993. The number of carbonyl (C=O) groups excluding carboxylic acids is 2. The molecule has 0 unspecified atom stereocenters. The lowest BCUT2D eigenvalue weighted by Gasteiger charge is -2.45. The van der Waals surface area contributed by atoms with Gasteiger partial charge in [0.2, 0.25) is 5.72 Å². The van der Waals surface area contributed by atoms with Gasteiger partial charge in [0, 0.05) is 5.56 Å². The van der Waals surface area contributed by atoms with Crippen molar-refractivity contribution in [3.05, 3.63) is 59.2 Å². The summed E-state index contributed by atoms with van der Waals surface area (Å²) in [5.41, 5.74) is -2.91. The largest absolute Gasteiger partial charge is 0.493 e. The van der Waals surface area contributed by atoms with E-state index in [4.69, 9.17) is 9.47 Å². The summed E-state index contributed by atoms with van der Waals surface area (Å²) in [5, 5.41) is 14.4. The highest BCUT2D eigenvalue weighted by Gasteiger charge is 2.66. The van der Waals surface area contributed by atoms with Gasteiger partial charge in [0.05, 0.1) is 20.3 Å². The van der Waals surface area contributed by atoms with Crippen LogP contribution in [0.15, 0.2) is 42.5 Å². The Morgan fingerprint density at radius 2 is 1.68 bits per heavy atom. The number of rotatable bonds is 5. The first-order chi connectivity index (χ1) is 14.5. The molecule has 0 spiro atoms. The Hall–Kier alpha value is -3.27. The number of carbonyl (C=O) groups is 2. The molecule has 1 aliphatic rings. The number of Topliss-reactive ketones (excluding diaryl/α,β-unsaturated/α-hetero) is 1. The Morgan fingerprint density at radius 1 is 1.06 bits per heavy atom.